The average molecular weight is 220 g/mol. The van der Waals surface area contributed by atoms with Crippen LogP contribution in [0.25, 0.3) is 0 Å². The molecule has 0 aliphatic carbocycles. The number of alkyl halides is 2. The molecule has 0 bridgehead atoms. The largest absolute Gasteiger partial charge is 0.353 e. The molecule has 0 saturated carbocycles. The molecular weight excluding hydrogens is 206 g/mol. The maximum Gasteiger partial charge on any atom is 0.315 e. The second-order valence-corrected chi connectivity index (χ2v) is 3.60. The first kappa shape index (κ1) is 11.9. The van der Waals surface area contributed by atoms with Crippen LogP contribution >= 0.6 is 0 Å². The molecule has 1 N–H and O–H groups in total. The van der Waals surface area contributed by atoms with E-state index in [0.29, 0.717) is 12.8 Å². The Kier molecular flexibility index (Phi) is 3.99. The van der Waals surface area contributed by atoms with Crippen molar-refractivity contribution in [2.24, 2.45) is 0 Å². The number of hydrogen-bond donors (Lipinski definition) is 1. The van der Waals surface area contributed by atoms with Crippen LogP contribution in [0.15, 0.2) is 0 Å². The molecule has 6 heteroatoms. The van der Waals surface area contributed by atoms with Crippen LogP contribution < -0.4 is 5.32 Å². The predicted octanol–water partition coefficient (Wildman–Crippen LogP) is 0.379. The highest BCUT2D eigenvalue weighted by molar-refractivity contribution is 5.79. The van der Waals surface area contributed by atoms with Gasteiger partial charge in [-0.1, -0.05) is 0 Å². The zero-order valence-electron chi connectivity index (χ0n) is 8.50. The van der Waals surface area contributed by atoms with Gasteiger partial charge < -0.3 is 10.2 Å². The van der Waals surface area contributed by atoms with Crippen LogP contribution in [0, 0.1) is 0 Å². The summed E-state index contributed by atoms with van der Waals surface area (Å²) in [6.45, 7) is 1.99. The van der Waals surface area contributed by atoms with Gasteiger partial charge >= 0.3 is 6.43 Å². The first-order valence-corrected chi connectivity index (χ1v) is 4.84. The minimum absolute atomic E-state index is 0.00391. The first-order valence-electron chi connectivity index (χ1n) is 4.84. The molecule has 15 heavy (non-hydrogen) atoms. The van der Waals surface area contributed by atoms with Crippen molar-refractivity contribution in [3.63, 3.8) is 0 Å². The second kappa shape index (κ2) is 5.04. The summed E-state index contributed by atoms with van der Waals surface area (Å²) in [7, 11) is 0. The second-order valence-electron chi connectivity index (χ2n) is 3.60. The zero-order valence-corrected chi connectivity index (χ0v) is 8.50. The van der Waals surface area contributed by atoms with Gasteiger partial charge in [0.15, 0.2) is 0 Å². The van der Waals surface area contributed by atoms with E-state index in [1.165, 1.54) is 6.92 Å². The van der Waals surface area contributed by atoms with Crippen LogP contribution in [0.5, 0.6) is 0 Å². The summed E-state index contributed by atoms with van der Waals surface area (Å²) >= 11 is 0. The van der Waals surface area contributed by atoms with E-state index in [2.05, 4.69) is 5.32 Å². The monoisotopic (exact) mass is 220 g/mol. The summed E-state index contributed by atoms with van der Waals surface area (Å²) in [6, 6.07) is 0.00391. The molecule has 0 radical (unpaired) electrons. The van der Waals surface area contributed by atoms with Gasteiger partial charge in [-0.15, -0.1) is 0 Å². The Bertz CT molecular complexity index is 250. The zero-order chi connectivity index (χ0) is 11.4. The Balaban J connectivity index is 2.35. The number of rotatable bonds is 2. The van der Waals surface area contributed by atoms with Crippen molar-refractivity contribution in [2.45, 2.75) is 32.2 Å². The van der Waals surface area contributed by atoms with Crippen molar-refractivity contribution in [1.29, 1.82) is 0 Å². The van der Waals surface area contributed by atoms with Gasteiger partial charge in [-0.05, 0) is 12.8 Å². The van der Waals surface area contributed by atoms with E-state index in [4.69, 9.17) is 0 Å². The molecule has 1 aliphatic rings. The summed E-state index contributed by atoms with van der Waals surface area (Å²) in [6.07, 6.45) is -1.85. The van der Waals surface area contributed by atoms with Crippen LogP contribution in [0.3, 0.4) is 0 Å². The molecule has 0 aromatic carbocycles. The first-order chi connectivity index (χ1) is 7.00. The van der Waals surface area contributed by atoms with Crippen LogP contribution in [0.4, 0.5) is 8.78 Å². The molecule has 4 nitrogen and oxygen atoms in total. The number of halogens is 2. The lowest BCUT2D eigenvalue weighted by molar-refractivity contribution is -0.144. The standard InChI is InChI=1S/C9H14F2N2O2/c1-6(14)12-7-2-4-13(5-3-7)9(15)8(10)11/h7-8H,2-5H2,1H3,(H,12,14). The molecular formula is C9H14F2N2O2. The topological polar surface area (TPSA) is 49.4 Å². The van der Waals surface area contributed by atoms with Gasteiger partial charge in [-0.3, -0.25) is 9.59 Å². The molecule has 0 aromatic heterocycles. The van der Waals surface area contributed by atoms with E-state index in [1.54, 1.807) is 0 Å². The van der Waals surface area contributed by atoms with Gasteiger partial charge in [0.1, 0.15) is 0 Å². The number of amides is 2. The lowest BCUT2D eigenvalue weighted by Crippen LogP contribution is -2.47. The molecule has 1 aliphatic heterocycles. The molecule has 1 fully saturated rings. The van der Waals surface area contributed by atoms with Crippen molar-refractivity contribution in [2.75, 3.05) is 13.1 Å². The van der Waals surface area contributed by atoms with Crippen LogP contribution in [-0.2, 0) is 9.59 Å². The quantitative estimate of drug-likeness (QED) is 0.731. The number of likely N-dealkylation sites (tertiary alicyclic amines) is 1. The van der Waals surface area contributed by atoms with E-state index in [1.807, 2.05) is 0 Å². The number of nitrogens with one attached hydrogen (secondary N) is 1. The maximum atomic E-state index is 12.1. The van der Waals surface area contributed by atoms with Crippen molar-refractivity contribution in [3.8, 4) is 0 Å². The van der Waals surface area contributed by atoms with E-state index in [9.17, 15) is 18.4 Å². The maximum absolute atomic E-state index is 12.1. The van der Waals surface area contributed by atoms with Crippen LogP contribution in [0.1, 0.15) is 19.8 Å². The van der Waals surface area contributed by atoms with Gasteiger partial charge in [-0.25, -0.2) is 0 Å². The molecule has 86 valence electrons. The number of carbonyl (C=O) groups excluding carboxylic acids is 2. The number of hydrogen-bond acceptors (Lipinski definition) is 2. The van der Waals surface area contributed by atoms with E-state index in [-0.39, 0.29) is 25.0 Å². The van der Waals surface area contributed by atoms with Gasteiger partial charge in [0.05, 0.1) is 0 Å². The van der Waals surface area contributed by atoms with Gasteiger partial charge in [0.25, 0.3) is 5.91 Å². The highest BCUT2D eigenvalue weighted by Gasteiger charge is 2.27. The SMILES string of the molecule is CC(=O)NC1CCN(C(=O)C(F)F)CC1. The summed E-state index contributed by atoms with van der Waals surface area (Å²) in [4.78, 5) is 22.8. The predicted molar refractivity (Wildman–Crippen MR) is 49.4 cm³/mol. The highest BCUT2D eigenvalue weighted by atomic mass is 19.3. The normalized spacial score (nSPS) is 18.0. The van der Waals surface area contributed by atoms with Gasteiger partial charge in [-0.2, -0.15) is 8.78 Å². The third-order valence-electron chi connectivity index (χ3n) is 2.40. The van der Waals surface area contributed by atoms with Crippen molar-refractivity contribution in [1.82, 2.24) is 10.2 Å². The summed E-state index contributed by atoms with van der Waals surface area (Å²) in [5.41, 5.74) is 0. The average Bonchev–Trinajstić information content (AvgIpc) is 2.17. The number of carbonyl (C=O) groups is 2. The van der Waals surface area contributed by atoms with Crippen LogP contribution in [-0.4, -0.2) is 42.3 Å². The Morgan fingerprint density at radius 3 is 2.27 bits per heavy atom. The number of piperidine rings is 1. The third kappa shape index (κ3) is 3.45. The molecule has 0 atom stereocenters. The molecule has 1 rings (SSSR count). The summed E-state index contributed by atoms with van der Waals surface area (Å²) in [5, 5.41) is 2.71. The molecule has 1 heterocycles. The van der Waals surface area contributed by atoms with Crippen LogP contribution in [0.2, 0.25) is 0 Å². The Labute approximate surface area is 86.6 Å². The molecule has 1 saturated heterocycles. The minimum Gasteiger partial charge on any atom is -0.353 e. The molecule has 0 unspecified atom stereocenters. The van der Waals surface area contributed by atoms with Crippen molar-refractivity contribution < 1.29 is 18.4 Å². The van der Waals surface area contributed by atoms with E-state index < -0.39 is 12.3 Å². The van der Waals surface area contributed by atoms with E-state index >= 15 is 0 Å². The Morgan fingerprint density at radius 1 is 1.33 bits per heavy atom. The highest BCUT2D eigenvalue weighted by Crippen LogP contribution is 2.12. The summed E-state index contributed by atoms with van der Waals surface area (Å²) in [5.74, 6) is -1.25. The fourth-order valence-corrected chi connectivity index (χ4v) is 1.67. The molecule has 0 spiro atoms. The fourth-order valence-electron chi connectivity index (χ4n) is 1.67. The molecule has 2 amide bonds. The lowest BCUT2D eigenvalue weighted by atomic mass is 10.1. The smallest absolute Gasteiger partial charge is 0.315 e. The minimum atomic E-state index is -2.93. The van der Waals surface area contributed by atoms with Crippen molar-refractivity contribution in [3.05, 3.63) is 0 Å². The Morgan fingerprint density at radius 2 is 1.87 bits per heavy atom. The Hall–Kier alpha value is -1.20. The summed E-state index contributed by atoms with van der Waals surface area (Å²) < 4.78 is 24.1. The molecule has 0 aromatic rings. The van der Waals surface area contributed by atoms with E-state index in [0.717, 1.165) is 4.90 Å². The van der Waals surface area contributed by atoms with Gasteiger partial charge in [0, 0.05) is 26.1 Å². The number of nitrogens with zero attached hydrogens (tertiary/aromatic N) is 1. The van der Waals surface area contributed by atoms with Gasteiger partial charge in [0.2, 0.25) is 5.91 Å². The van der Waals surface area contributed by atoms with Crippen molar-refractivity contribution >= 4 is 11.8 Å². The third-order valence-corrected chi connectivity index (χ3v) is 2.40. The lowest BCUT2D eigenvalue weighted by Gasteiger charge is -2.31. The fraction of sp³-hybridized carbons (Fsp3) is 0.778.